The van der Waals surface area contributed by atoms with Gasteiger partial charge < -0.3 is 5.32 Å². The van der Waals surface area contributed by atoms with E-state index in [1.54, 1.807) is 25.4 Å². The number of thioether (sulfide) groups is 1. The maximum atomic E-state index is 12.5. The second-order valence-corrected chi connectivity index (χ2v) is 8.18. The number of nitro groups is 1. The second kappa shape index (κ2) is 7.67. The molecule has 0 aliphatic rings. The van der Waals surface area contributed by atoms with E-state index in [9.17, 15) is 19.7 Å². The summed E-state index contributed by atoms with van der Waals surface area (Å²) in [7, 11) is 1.59. The van der Waals surface area contributed by atoms with Crippen LogP contribution in [0.25, 0.3) is 10.2 Å². The number of thiophene rings is 1. The Bertz CT molecular complexity index is 1110. The quantitative estimate of drug-likeness (QED) is 0.290. The van der Waals surface area contributed by atoms with Crippen molar-refractivity contribution in [2.75, 3.05) is 5.32 Å². The Labute approximate surface area is 166 Å². The van der Waals surface area contributed by atoms with Gasteiger partial charge in [0.05, 0.1) is 26.3 Å². The molecule has 3 aromatic rings. The van der Waals surface area contributed by atoms with Crippen LogP contribution in [0.2, 0.25) is 5.02 Å². The van der Waals surface area contributed by atoms with Gasteiger partial charge in [-0.3, -0.25) is 24.3 Å². The highest BCUT2D eigenvalue weighted by molar-refractivity contribution is 8.00. The van der Waals surface area contributed by atoms with Crippen LogP contribution in [0, 0.1) is 10.1 Å². The van der Waals surface area contributed by atoms with E-state index in [0.717, 1.165) is 11.8 Å². The van der Waals surface area contributed by atoms with E-state index < -0.39 is 16.1 Å². The SMILES string of the molecule is CC(Sc1nc2sccc2c(=O)n1C)C(=O)Nc1cc([N+](=O)[O-])ccc1Cl. The minimum absolute atomic E-state index is 0.152. The molecule has 11 heteroatoms. The molecule has 1 unspecified atom stereocenters. The summed E-state index contributed by atoms with van der Waals surface area (Å²) in [6.45, 7) is 1.65. The third-order valence-corrected chi connectivity index (χ3v) is 6.01. The van der Waals surface area contributed by atoms with E-state index in [4.69, 9.17) is 11.6 Å². The lowest BCUT2D eigenvalue weighted by Crippen LogP contribution is -2.25. The summed E-state index contributed by atoms with van der Waals surface area (Å²) < 4.78 is 1.39. The topological polar surface area (TPSA) is 107 Å². The number of carbonyl (C=O) groups excluding carboxylic acids is 1. The highest BCUT2D eigenvalue weighted by Crippen LogP contribution is 2.29. The number of nitrogens with one attached hydrogen (secondary N) is 1. The molecule has 0 aliphatic carbocycles. The van der Waals surface area contributed by atoms with Crippen molar-refractivity contribution < 1.29 is 9.72 Å². The first kappa shape index (κ1) is 19.3. The number of benzene rings is 1. The molecular formula is C16H13ClN4O4S2. The zero-order valence-electron chi connectivity index (χ0n) is 14.1. The van der Waals surface area contributed by atoms with Crippen molar-refractivity contribution in [1.29, 1.82) is 0 Å². The molecule has 27 heavy (non-hydrogen) atoms. The lowest BCUT2D eigenvalue weighted by atomic mass is 10.2. The van der Waals surface area contributed by atoms with Gasteiger partial charge in [-0.25, -0.2) is 4.98 Å². The van der Waals surface area contributed by atoms with E-state index in [1.165, 1.54) is 34.1 Å². The normalized spacial score (nSPS) is 12.1. The molecule has 0 saturated heterocycles. The van der Waals surface area contributed by atoms with E-state index >= 15 is 0 Å². The van der Waals surface area contributed by atoms with E-state index in [0.29, 0.717) is 15.4 Å². The van der Waals surface area contributed by atoms with Crippen molar-refractivity contribution in [3.8, 4) is 0 Å². The molecule has 0 saturated carbocycles. The number of halogens is 1. The summed E-state index contributed by atoms with van der Waals surface area (Å²) in [5, 5.41) is 15.8. The number of aromatic nitrogens is 2. The van der Waals surface area contributed by atoms with Crippen LogP contribution in [0.3, 0.4) is 0 Å². The Kier molecular flexibility index (Phi) is 5.49. The lowest BCUT2D eigenvalue weighted by Gasteiger charge is -2.14. The number of hydrogen-bond acceptors (Lipinski definition) is 7. The predicted octanol–water partition coefficient (Wildman–Crippen LogP) is 3.68. The van der Waals surface area contributed by atoms with Crippen molar-refractivity contribution in [2.24, 2.45) is 7.05 Å². The van der Waals surface area contributed by atoms with Crippen molar-refractivity contribution in [3.05, 3.63) is 55.1 Å². The Morgan fingerprint density at radius 1 is 1.44 bits per heavy atom. The van der Waals surface area contributed by atoms with E-state index in [1.807, 2.05) is 0 Å². The number of carbonyl (C=O) groups is 1. The Morgan fingerprint density at radius 2 is 2.19 bits per heavy atom. The number of anilines is 1. The Hall–Kier alpha value is -2.43. The molecular weight excluding hydrogens is 412 g/mol. The number of non-ortho nitro benzene ring substituents is 1. The highest BCUT2D eigenvalue weighted by atomic mass is 35.5. The standard InChI is InChI=1S/C16H13ClN4O4S2/c1-8(13(22)18-12-7-9(21(24)25)3-4-11(12)17)27-16-19-14-10(5-6-26-14)15(23)20(16)2/h3-8H,1-2H3,(H,18,22). The van der Waals surface area contributed by atoms with Crippen LogP contribution in [-0.4, -0.2) is 25.6 Å². The molecule has 3 rings (SSSR count). The number of amides is 1. The summed E-state index contributed by atoms with van der Waals surface area (Å²) in [6, 6.07) is 5.52. The van der Waals surface area contributed by atoms with Gasteiger partial charge in [-0.05, 0) is 24.4 Å². The van der Waals surface area contributed by atoms with Crippen LogP contribution in [0.5, 0.6) is 0 Å². The number of nitrogens with zero attached hydrogens (tertiary/aromatic N) is 3. The van der Waals surface area contributed by atoms with Crippen LogP contribution in [0.1, 0.15) is 6.92 Å². The molecule has 1 atom stereocenters. The largest absolute Gasteiger partial charge is 0.324 e. The predicted molar refractivity (Wildman–Crippen MR) is 107 cm³/mol. The third-order valence-electron chi connectivity index (χ3n) is 3.73. The molecule has 0 spiro atoms. The van der Waals surface area contributed by atoms with Crippen LogP contribution < -0.4 is 10.9 Å². The maximum absolute atomic E-state index is 12.5. The van der Waals surface area contributed by atoms with E-state index in [-0.39, 0.29) is 22.0 Å². The summed E-state index contributed by atoms with van der Waals surface area (Å²) in [4.78, 5) is 40.2. The first-order valence-electron chi connectivity index (χ1n) is 7.63. The fourth-order valence-corrected chi connectivity index (χ4v) is 4.10. The molecule has 2 heterocycles. The Morgan fingerprint density at radius 3 is 2.89 bits per heavy atom. The molecule has 8 nitrogen and oxygen atoms in total. The van der Waals surface area contributed by atoms with Crippen molar-refractivity contribution >= 4 is 62.2 Å². The number of fused-ring (bicyclic) bond motifs is 1. The molecule has 0 bridgehead atoms. The van der Waals surface area contributed by atoms with Gasteiger partial charge >= 0.3 is 0 Å². The summed E-state index contributed by atoms with van der Waals surface area (Å²) in [6.07, 6.45) is 0. The smallest absolute Gasteiger partial charge is 0.271 e. The summed E-state index contributed by atoms with van der Waals surface area (Å²) in [5.74, 6) is -0.414. The zero-order chi connectivity index (χ0) is 19.7. The molecule has 0 fully saturated rings. The number of rotatable bonds is 5. The van der Waals surface area contributed by atoms with Crippen LogP contribution in [0.15, 0.2) is 39.6 Å². The van der Waals surface area contributed by atoms with Gasteiger partial charge in [0.25, 0.3) is 11.2 Å². The van der Waals surface area contributed by atoms with Gasteiger partial charge in [-0.2, -0.15) is 0 Å². The van der Waals surface area contributed by atoms with E-state index in [2.05, 4.69) is 10.3 Å². The fourth-order valence-electron chi connectivity index (χ4n) is 2.25. The van der Waals surface area contributed by atoms with Gasteiger partial charge in [0.2, 0.25) is 5.91 Å². The highest BCUT2D eigenvalue weighted by Gasteiger charge is 2.20. The number of hydrogen-bond donors (Lipinski definition) is 1. The first-order chi connectivity index (χ1) is 12.8. The maximum Gasteiger partial charge on any atom is 0.271 e. The molecule has 1 aromatic carbocycles. The summed E-state index contributed by atoms with van der Waals surface area (Å²) >= 11 is 8.47. The minimum atomic E-state index is -0.615. The monoisotopic (exact) mass is 424 g/mol. The first-order valence-corrected chi connectivity index (χ1v) is 9.77. The Balaban J connectivity index is 1.81. The zero-order valence-corrected chi connectivity index (χ0v) is 16.5. The molecule has 0 radical (unpaired) electrons. The molecule has 1 N–H and O–H groups in total. The third kappa shape index (κ3) is 3.97. The van der Waals surface area contributed by atoms with Crippen LogP contribution in [0.4, 0.5) is 11.4 Å². The molecule has 0 aliphatic heterocycles. The van der Waals surface area contributed by atoms with Crippen molar-refractivity contribution in [2.45, 2.75) is 17.3 Å². The average Bonchev–Trinajstić information content (AvgIpc) is 3.09. The summed E-state index contributed by atoms with van der Waals surface area (Å²) in [5.41, 5.74) is -0.209. The van der Waals surface area contributed by atoms with Gasteiger partial charge in [-0.15, -0.1) is 11.3 Å². The van der Waals surface area contributed by atoms with Crippen molar-refractivity contribution in [3.63, 3.8) is 0 Å². The van der Waals surface area contributed by atoms with Gasteiger partial charge in [0.1, 0.15) is 4.83 Å². The second-order valence-electron chi connectivity index (χ2n) is 5.57. The molecule has 140 valence electrons. The fraction of sp³-hybridized carbons (Fsp3) is 0.188. The minimum Gasteiger partial charge on any atom is -0.324 e. The lowest BCUT2D eigenvalue weighted by molar-refractivity contribution is -0.384. The van der Waals surface area contributed by atoms with Crippen molar-refractivity contribution in [1.82, 2.24) is 9.55 Å². The van der Waals surface area contributed by atoms with Gasteiger partial charge in [-0.1, -0.05) is 23.4 Å². The van der Waals surface area contributed by atoms with Gasteiger partial charge in [0, 0.05) is 19.2 Å². The number of nitro benzene ring substituents is 1. The molecule has 2 aromatic heterocycles. The van der Waals surface area contributed by atoms with Crippen LogP contribution in [-0.2, 0) is 11.8 Å². The molecule has 1 amide bonds. The average molecular weight is 425 g/mol. The van der Waals surface area contributed by atoms with Crippen LogP contribution >= 0.6 is 34.7 Å². The van der Waals surface area contributed by atoms with Gasteiger partial charge in [0.15, 0.2) is 5.16 Å².